The number of pyridine rings is 1. The molecule has 0 saturated heterocycles. The molecule has 5 nitrogen and oxygen atoms in total. The number of para-hydroxylation sites is 2. The lowest BCUT2D eigenvalue weighted by Gasteiger charge is -2.12. The highest BCUT2D eigenvalue weighted by Gasteiger charge is 2.20. The fourth-order valence-corrected chi connectivity index (χ4v) is 6.29. The van der Waals surface area contributed by atoms with E-state index in [0.29, 0.717) is 21.9 Å². The molecule has 192 valence electrons. The molecule has 41 heavy (non-hydrogen) atoms. The van der Waals surface area contributed by atoms with E-state index in [4.69, 9.17) is 8.83 Å². The number of nitrogens with zero attached hydrogens (tertiary/aromatic N) is 2. The minimum Gasteiger partial charge on any atom is -0.456 e. The largest absolute Gasteiger partial charge is 0.456 e. The SMILES string of the molecule is O=c1c2ccccc2oc2cccc(-c3cccc(-n4c5ccncc5c5ccc6c7ccccc7oc6c54)c3)c12. The van der Waals surface area contributed by atoms with Crippen molar-refractivity contribution in [1.82, 2.24) is 9.55 Å². The van der Waals surface area contributed by atoms with E-state index in [-0.39, 0.29) is 5.43 Å². The number of aromatic nitrogens is 2. The normalized spacial score (nSPS) is 12.0. The Morgan fingerprint density at radius 1 is 0.610 bits per heavy atom. The van der Waals surface area contributed by atoms with Crippen molar-refractivity contribution in [2.45, 2.75) is 0 Å². The predicted octanol–water partition coefficient (Wildman–Crippen LogP) is 9.00. The highest BCUT2D eigenvalue weighted by molar-refractivity contribution is 6.21. The second kappa shape index (κ2) is 8.16. The Balaban J connectivity index is 1.37. The van der Waals surface area contributed by atoms with Gasteiger partial charge in [-0.1, -0.05) is 60.7 Å². The lowest BCUT2D eigenvalue weighted by molar-refractivity contribution is 0.660. The molecule has 0 bridgehead atoms. The Labute approximate surface area is 232 Å². The van der Waals surface area contributed by atoms with Gasteiger partial charge >= 0.3 is 0 Å². The monoisotopic (exact) mass is 528 g/mol. The van der Waals surface area contributed by atoms with Crippen LogP contribution in [0, 0.1) is 0 Å². The van der Waals surface area contributed by atoms with Gasteiger partial charge in [0.05, 0.1) is 21.8 Å². The molecule has 5 heteroatoms. The van der Waals surface area contributed by atoms with Crippen LogP contribution in [0.4, 0.5) is 0 Å². The van der Waals surface area contributed by atoms with Gasteiger partial charge in [-0.05, 0) is 59.7 Å². The van der Waals surface area contributed by atoms with Crippen LogP contribution in [0.5, 0.6) is 0 Å². The molecule has 0 aliphatic rings. The van der Waals surface area contributed by atoms with Crippen LogP contribution in [0.1, 0.15) is 0 Å². The van der Waals surface area contributed by atoms with Crippen molar-refractivity contribution in [3.63, 3.8) is 0 Å². The van der Waals surface area contributed by atoms with Crippen LogP contribution in [0.15, 0.2) is 135 Å². The van der Waals surface area contributed by atoms with Crippen LogP contribution in [0.2, 0.25) is 0 Å². The first-order valence-electron chi connectivity index (χ1n) is 13.5. The third kappa shape index (κ3) is 3.06. The van der Waals surface area contributed by atoms with Crippen molar-refractivity contribution in [3.05, 3.63) is 132 Å². The van der Waals surface area contributed by atoms with Crippen molar-refractivity contribution in [2.24, 2.45) is 0 Å². The summed E-state index contributed by atoms with van der Waals surface area (Å²) >= 11 is 0. The molecular formula is C36H20N2O3. The van der Waals surface area contributed by atoms with Gasteiger partial charge < -0.3 is 13.4 Å². The molecule has 0 N–H and O–H groups in total. The number of rotatable bonds is 2. The summed E-state index contributed by atoms with van der Waals surface area (Å²) in [5.74, 6) is 0. The second-order valence-electron chi connectivity index (χ2n) is 10.3. The molecule has 9 rings (SSSR count). The van der Waals surface area contributed by atoms with Gasteiger partial charge in [0.1, 0.15) is 16.7 Å². The Morgan fingerprint density at radius 3 is 2.27 bits per heavy atom. The molecule has 0 saturated carbocycles. The lowest BCUT2D eigenvalue weighted by Crippen LogP contribution is -2.04. The van der Waals surface area contributed by atoms with Crippen molar-refractivity contribution < 1.29 is 8.83 Å². The van der Waals surface area contributed by atoms with E-state index in [0.717, 1.165) is 60.6 Å². The summed E-state index contributed by atoms with van der Waals surface area (Å²) in [5.41, 5.74) is 7.56. The minimum absolute atomic E-state index is 0.0326. The van der Waals surface area contributed by atoms with Crippen LogP contribution >= 0.6 is 0 Å². The van der Waals surface area contributed by atoms with E-state index in [9.17, 15) is 4.79 Å². The summed E-state index contributed by atoms with van der Waals surface area (Å²) in [4.78, 5) is 18.1. The molecule has 0 aliphatic heterocycles. The predicted molar refractivity (Wildman–Crippen MR) is 165 cm³/mol. The quantitative estimate of drug-likeness (QED) is 0.210. The Kier molecular flexibility index (Phi) is 4.41. The Bertz CT molecular complexity index is 2570. The van der Waals surface area contributed by atoms with Gasteiger partial charge in [0.25, 0.3) is 0 Å². The fourth-order valence-electron chi connectivity index (χ4n) is 6.29. The second-order valence-corrected chi connectivity index (χ2v) is 10.3. The maximum Gasteiger partial charge on any atom is 0.201 e. The zero-order valence-corrected chi connectivity index (χ0v) is 21.7. The van der Waals surface area contributed by atoms with Crippen LogP contribution in [-0.4, -0.2) is 9.55 Å². The molecule has 0 unspecified atom stereocenters. The van der Waals surface area contributed by atoms with Crippen molar-refractivity contribution in [2.75, 3.05) is 0 Å². The number of fused-ring (bicyclic) bond motifs is 9. The van der Waals surface area contributed by atoms with Gasteiger partial charge in [-0.2, -0.15) is 0 Å². The summed E-state index contributed by atoms with van der Waals surface area (Å²) in [5, 5.41) is 5.43. The van der Waals surface area contributed by atoms with Crippen LogP contribution in [-0.2, 0) is 0 Å². The smallest absolute Gasteiger partial charge is 0.201 e. The zero-order valence-electron chi connectivity index (χ0n) is 21.7. The summed E-state index contributed by atoms with van der Waals surface area (Å²) in [7, 11) is 0. The Morgan fingerprint density at radius 2 is 1.37 bits per heavy atom. The van der Waals surface area contributed by atoms with E-state index in [1.54, 1.807) is 0 Å². The van der Waals surface area contributed by atoms with E-state index in [2.05, 4.69) is 39.9 Å². The molecule has 0 spiro atoms. The standard InChI is InChI=1S/C36H20N2O3/c39-35-27-10-2-4-13-31(27)40-32-14-6-11-23(33(32)35)21-7-5-8-22(19-21)38-29-17-18-37-20-28(29)25-15-16-26-24-9-1-3-12-30(24)41-36(26)34(25)38/h1-20H. The van der Waals surface area contributed by atoms with Crippen molar-refractivity contribution in [3.8, 4) is 16.8 Å². The molecule has 0 radical (unpaired) electrons. The van der Waals surface area contributed by atoms with E-state index >= 15 is 0 Å². The summed E-state index contributed by atoms with van der Waals surface area (Å²) in [6.07, 6.45) is 3.73. The van der Waals surface area contributed by atoms with Crippen LogP contribution < -0.4 is 5.43 Å². The molecule has 4 aromatic heterocycles. The van der Waals surface area contributed by atoms with E-state index in [1.165, 1.54) is 0 Å². The van der Waals surface area contributed by atoms with Gasteiger partial charge in [0.15, 0.2) is 5.58 Å². The molecule has 0 amide bonds. The van der Waals surface area contributed by atoms with E-state index in [1.807, 2.05) is 91.3 Å². The molecule has 0 aliphatic carbocycles. The fraction of sp³-hybridized carbons (Fsp3) is 0. The highest BCUT2D eigenvalue weighted by Crippen LogP contribution is 2.40. The number of furan rings is 1. The average Bonchev–Trinajstić information content (AvgIpc) is 3.57. The first-order chi connectivity index (χ1) is 20.3. The van der Waals surface area contributed by atoms with E-state index < -0.39 is 0 Å². The molecule has 4 heterocycles. The third-order valence-corrected chi connectivity index (χ3v) is 8.09. The van der Waals surface area contributed by atoms with Gasteiger partial charge in [-0.3, -0.25) is 9.78 Å². The summed E-state index contributed by atoms with van der Waals surface area (Å²) in [6.45, 7) is 0. The van der Waals surface area contributed by atoms with Crippen LogP contribution in [0.25, 0.3) is 82.5 Å². The third-order valence-electron chi connectivity index (χ3n) is 8.09. The first kappa shape index (κ1) is 22.2. The maximum atomic E-state index is 13.7. The molecule has 0 fully saturated rings. The van der Waals surface area contributed by atoms with Crippen molar-refractivity contribution in [1.29, 1.82) is 0 Å². The molecule has 0 atom stereocenters. The molecule has 5 aromatic carbocycles. The van der Waals surface area contributed by atoms with Gasteiger partial charge in [0, 0.05) is 39.6 Å². The topological polar surface area (TPSA) is 61.2 Å². The lowest BCUT2D eigenvalue weighted by atomic mass is 9.99. The molecular weight excluding hydrogens is 508 g/mol. The number of benzene rings is 5. The van der Waals surface area contributed by atoms with Crippen molar-refractivity contribution >= 4 is 65.7 Å². The summed E-state index contributed by atoms with van der Waals surface area (Å²) in [6, 6.07) is 35.9. The minimum atomic E-state index is -0.0326. The Hall–Kier alpha value is -5.68. The number of hydrogen-bond donors (Lipinski definition) is 0. The van der Waals surface area contributed by atoms with Gasteiger partial charge in [0.2, 0.25) is 5.43 Å². The first-order valence-corrected chi connectivity index (χ1v) is 13.5. The highest BCUT2D eigenvalue weighted by atomic mass is 16.3. The number of hydrogen-bond acceptors (Lipinski definition) is 4. The summed E-state index contributed by atoms with van der Waals surface area (Å²) < 4.78 is 14.9. The average molecular weight is 529 g/mol. The van der Waals surface area contributed by atoms with Gasteiger partial charge in [-0.15, -0.1) is 0 Å². The molecule has 9 aromatic rings. The maximum absolute atomic E-state index is 13.7. The van der Waals surface area contributed by atoms with Crippen LogP contribution in [0.3, 0.4) is 0 Å². The zero-order chi connectivity index (χ0) is 27.1. The van der Waals surface area contributed by atoms with Gasteiger partial charge in [-0.25, -0.2) is 0 Å².